The molecule has 0 bridgehead atoms. The van der Waals surface area contributed by atoms with Crippen LogP contribution in [0.2, 0.25) is 5.02 Å². The third-order valence-electron chi connectivity index (χ3n) is 3.16. The lowest BCUT2D eigenvalue weighted by Gasteiger charge is -2.11. The molecule has 1 aromatic carbocycles. The molecule has 0 aliphatic carbocycles. The van der Waals surface area contributed by atoms with Crippen LogP contribution in [0.25, 0.3) is 0 Å². The normalized spacial score (nSPS) is 10.7. The third kappa shape index (κ3) is 4.45. The molecule has 21 heavy (non-hydrogen) atoms. The number of benzene rings is 1. The quantitative estimate of drug-likeness (QED) is 0.852. The molecule has 0 spiro atoms. The van der Waals surface area contributed by atoms with E-state index in [2.05, 4.69) is 30.2 Å². The minimum atomic E-state index is 0.591. The van der Waals surface area contributed by atoms with Gasteiger partial charge in [0, 0.05) is 18.3 Å². The highest BCUT2D eigenvalue weighted by Gasteiger charge is 2.07. The molecule has 0 aliphatic heterocycles. The Kier molecular flexibility index (Phi) is 5.59. The van der Waals surface area contributed by atoms with Crippen molar-refractivity contribution in [2.45, 2.75) is 33.7 Å². The number of nitrogens with one attached hydrogen (secondary N) is 1. The van der Waals surface area contributed by atoms with Crippen LogP contribution in [0.4, 0.5) is 0 Å². The van der Waals surface area contributed by atoms with Crippen LogP contribution in [0.15, 0.2) is 30.3 Å². The fourth-order valence-corrected chi connectivity index (χ4v) is 2.30. The van der Waals surface area contributed by atoms with Crippen molar-refractivity contribution >= 4 is 11.6 Å². The first-order chi connectivity index (χ1) is 10.1. The van der Waals surface area contributed by atoms with Crippen LogP contribution < -0.4 is 10.1 Å². The lowest BCUT2D eigenvalue weighted by Crippen LogP contribution is -2.12. The molecule has 2 aromatic rings. The van der Waals surface area contributed by atoms with Crippen molar-refractivity contribution in [3.63, 3.8) is 0 Å². The number of hydrogen-bond donors (Lipinski definition) is 1. The topological polar surface area (TPSA) is 34.2 Å². The number of rotatable bonds is 6. The van der Waals surface area contributed by atoms with Gasteiger partial charge in [0.15, 0.2) is 0 Å². The second-order valence-corrected chi connectivity index (χ2v) is 5.38. The average molecular weight is 305 g/mol. The van der Waals surface area contributed by atoms with Gasteiger partial charge in [0.2, 0.25) is 5.88 Å². The second kappa shape index (κ2) is 7.43. The van der Waals surface area contributed by atoms with Crippen LogP contribution in [-0.2, 0) is 13.0 Å². The summed E-state index contributed by atoms with van der Waals surface area (Å²) >= 11 is 6.21. The van der Waals surface area contributed by atoms with Crippen LogP contribution in [0.3, 0.4) is 0 Å². The molecule has 2 rings (SSSR count). The number of hydrogen-bond acceptors (Lipinski definition) is 3. The zero-order chi connectivity index (χ0) is 15.2. The Labute approximate surface area is 131 Å². The van der Waals surface area contributed by atoms with Crippen LogP contribution in [-0.4, -0.2) is 11.5 Å². The van der Waals surface area contributed by atoms with Crippen molar-refractivity contribution in [1.29, 1.82) is 0 Å². The van der Waals surface area contributed by atoms with Crippen molar-refractivity contribution in [1.82, 2.24) is 10.3 Å². The molecule has 0 aliphatic rings. The fourth-order valence-electron chi connectivity index (χ4n) is 2.03. The lowest BCUT2D eigenvalue weighted by atomic mass is 10.2. The summed E-state index contributed by atoms with van der Waals surface area (Å²) in [6, 6.07) is 9.80. The van der Waals surface area contributed by atoms with E-state index in [1.807, 2.05) is 31.2 Å². The molecule has 0 atom stereocenters. The molecule has 1 N–H and O–H groups in total. The van der Waals surface area contributed by atoms with Crippen LogP contribution in [0.5, 0.6) is 11.6 Å². The summed E-state index contributed by atoms with van der Waals surface area (Å²) in [5.41, 5.74) is 3.29. The van der Waals surface area contributed by atoms with Crippen molar-refractivity contribution in [2.75, 3.05) is 6.54 Å². The number of nitrogens with zero attached hydrogens (tertiary/aromatic N) is 1. The average Bonchev–Trinajstić information content (AvgIpc) is 2.48. The van der Waals surface area contributed by atoms with Crippen molar-refractivity contribution in [3.8, 4) is 11.6 Å². The molecule has 0 saturated heterocycles. The number of aryl methyl sites for hydroxylation is 2. The van der Waals surface area contributed by atoms with Gasteiger partial charge < -0.3 is 10.1 Å². The van der Waals surface area contributed by atoms with E-state index in [0.717, 1.165) is 30.8 Å². The Hall–Kier alpha value is -1.58. The molecule has 0 radical (unpaired) electrons. The van der Waals surface area contributed by atoms with Gasteiger partial charge in [-0.05, 0) is 49.2 Å². The Bertz CT molecular complexity index is 614. The Balaban J connectivity index is 2.25. The minimum Gasteiger partial charge on any atom is -0.437 e. The van der Waals surface area contributed by atoms with E-state index in [0.29, 0.717) is 16.7 Å². The summed E-state index contributed by atoms with van der Waals surface area (Å²) < 4.78 is 5.86. The monoisotopic (exact) mass is 304 g/mol. The summed E-state index contributed by atoms with van der Waals surface area (Å²) in [4.78, 5) is 4.51. The predicted molar refractivity (Wildman–Crippen MR) is 87.3 cm³/mol. The van der Waals surface area contributed by atoms with Gasteiger partial charge in [-0.15, -0.1) is 0 Å². The largest absolute Gasteiger partial charge is 0.437 e. The lowest BCUT2D eigenvalue weighted by molar-refractivity contribution is 0.459. The van der Waals surface area contributed by atoms with Gasteiger partial charge >= 0.3 is 0 Å². The highest BCUT2D eigenvalue weighted by Crippen LogP contribution is 2.29. The van der Waals surface area contributed by atoms with Gasteiger partial charge in [-0.2, -0.15) is 0 Å². The molecule has 4 heteroatoms. The zero-order valence-corrected chi connectivity index (χ0v) is 13.5. The predicted octanol–water partition coefficient (Wildman–Crippen LogP) is 4.51. The molecule has 0 amide bonds. The summed E-state index contributed by atoms with van der Waals surface area (Å²) in [5.74, 6) is 1.23. The highest BCUT2D eigenvalue weighted by atomic mass is 35.5. The maximum absolute atomic E-state index is 6.21. The van der Waals surface area contributed by atoms with Gasteiger partial charge in [0.05, 0.1) is 5.02 Å². The molecule has 112 valence electrons. The minimum absolute atomic E-state index is 0.591. The summed E-state index contributed by atoms with van der Waals surface area (Å²) in [6.45, 7) is 7.92. The summed E-state index contributed by atoms with van der Waals surface area (Å²) in [6.07, 6.45) is 0.873. The molecular weight excluding hydrogens is 284 g/mol. The Morgan fingerprint density at radius 2 is 2.00 bits per heavy atom. The number of halogens is 1. The first-order valence-corrected chi connectivity index (χ1v) is 7.64. The molecular formula is C17H21ClN2O. The van der Waals surface area contributed by atoms with Crippen LogP contribution >= 0.6 is 11.6 Å². The standard InChI is InChI=1S/C17H21ClN2O/c1-4-14-9-13(11-19-5-2)10-17(20-14)21-16-7-6-12(3)8-15(16)18/h6-10,19H,4-5,11H2,1-3H3. The van der Waals surface area contributed by atoms with Gasteiger partial charge in [-0.1, -0.05) is 31.5 Å². The molecule has 1 aromatic heterocycles. The smallest absolute Gasteiger partial charge is 0.219 e. The van der Waals surface area contributed by atoms with Gasteiger partial charge in [-0.3, -0.25) is 0 Å². The summed E-state index contributed by atoms with van der Waals surface area (Å²) in [7, 11) is 0. The SMILES string of the molecule is CCNCc1cc(CC)nc(Oc2ccc(C)cc2Cl)c1. The van der Waals surface area contributed by atoms with Gasteiger partial charge in [-0.25, -0.2) is 4.98 Å². The zero-order valence-electron chi connectivity index (χ0n) is 12.7. The first kappa shape index (κ1) is 15.8. The van der Waals surface area contributed by atoms with Crippen LogP contribution in [0.1, 0.15) is 30.7 Å². The molecule has 0 saturated carbocycles. The molecule has 3 nitrogen and oxygen atoms in total. The Morgan fingerprint density at radius 1 is 1.19 bits per heavy atom. The first-order valence-electron chi connectivity index (χ1n) is 7.27. The molecule has 0 fully saturated rings. The number of pyridine rings is 1. The van der Waals surface area contributed by atoms with Crippen molar-refractivity contribution in [3.05, 3.63) is 52.2 Å². The van der Waals surface area contributed by atoms with E-state index in [9.17, 15) is 0 Å². The van der Waals surface area contributed by atoms with E-state index in [-0.39, 0.29) is 0 Å². The van der Waals surface area contributed by atoms with E-state index in [1.165, 1.54) is 5.56 Å². The van der Waals surface area contributed by atoms with E-state index in [4.69, 9.17) is 16.3 Å². The van der Waals surface area contributed by atoms with Crippen LogP contribution in [0, 0.1) is 6.92 Å². The third-order valence-corrected chi connectivity index (χ3v) is 3.45. The number of ether oxygens (including phenoxy) is 1. The maximum atomic E-state index is 6.21. The molecule has 1 heterocycles. The van der Waals surface area contributed by atoms with E-state index < -0.39 is 0 Å². The highest BCUT2D eigenvalue weighted by molar-refractivity contribution is 6.32. The Morgan fingerprint density at radius 3 is 2.67 bits per heavy atom. The van der Waals surface area contributed by atoms with Crippen molar-refractivity contribution < 1.29 is 4.74 Å². The van der Waals surface area contributed by atoms with Gasteiger partial charge in [0.25, 0.3) is 0 Å². The number of aromatic nitrogens is 1. The fraction of sp³-hybridized carbons (Fsp3) is 0.353. The van der Waals surface area contributed by atoms with E-state index in [1.54, 1.807) is 0 Å². The second-order valence-electron chi connectivity index (χ2n) is 4.97. The van der Waals surface area contributed by atoms with Crippen molar-refractivity contribution in [2.24, 2.45) is 0 Å². The maximum Gasteiger partial charge on any atom is 0.219 e. The van der Waals surface area contributed by atoms with E-state index >= 15 is 0 Å². The van der Waals surface area contributed by atoms with Gasteiger partial charge in [0.1, 0.15) is 5.75 Å². The molecule has 0 unspecified atom stereocenters. The summed E-state index contributed by atoms with van der Waals surface area (Å²) in [5, 5.41) is 3.92.